The first kappa shape index (κ1) is 16.0. The summed E-state index contributed by atoms with van der Waals surface area (Å²) in [6.07, 6.45) is 13.3. The molecule has 0 aromatic rings. The average molecular weight is 325 g/mol. The van der Waals surface area contributed by atoms with Gasteiger partial charge in [0.15, 0.2) is 0 Å². The molecule has 0 aliphatic heterocycles. The first-order chi connectivity index (χ1) is 11.5. The zero-order valence-corrected chi connectivity index (χ0v) is 14.7. The van der Waals surface area contributed by atoms with Crippen LogP contribution in [0, 0.1) is 34.5 Å². The van der Waals surface area contributed by atoms with Gasteiger partial charge in [-0.3, -0.25) is 0 Å². The lowest BCUT2D eigenvalue weighted by Gasteiger charge is -2.53. The fourth-order valence-electron chi connectivity index (χ4n) is 5.98. The van der Waals surface area contributed by atoms with E-state index in [4.69, 9.17) is 10.00 Å². The summed E-state index contributed by atoms with van der Waals surface area (Å²) in [5.41, 5.74) is 2.04. The van der Waals surface area contributed by atoms with Crippen molar-refractivity contribution in [2.24, 2.45) is 23.2 Å². The Balaban J connectivity index is 1.65. The molecule has 0 spiro atoms. The minimum atomic E-state index is -0.943. The van der Waals surface area contributed by atoms with Crippen LogP contribution in [0.25, 0.3) is 0 Å². The Bertz CT molecular complexity index is 682. The highest BCUT2D eigenvalue weighted by Gasteiger charge is 2.59. The molecule has 0 saturated heterocycles. The largest absolute Gasteiger partial charge is 0.501 e. The highest BCUT2D eigenvalue weighted by Crippen LogP contribution is 2.62. The maximum absolute atomic E-state index is 11.1. The highest BCUT2D eigenvalue weighted by molar-refractivity contribution is 5.38. The van der Waals surface area contributed by atoms with Gasteiger partial charge in [-0.15, -0.1) is 0 Å². The number of hydrogen-bond donors (Lipinski definition) is 1. The van der Waals surface area contributed by atoms with Gasteiger partial charge in [-0.05, 0) is 61.5 Å². The Labute approximate surface area is 144 Å². The van der Waals surface area contributed by atoms with Crippen molar-refractivity contribution < 1.29 is 9.84 Å². The number of fused-ring (bicyclic) bond motifs is 4. The Morgan fingerprint density at radius 2 is 2.17 bits per heavy atom. The van der Waals surface area contributed by atoms with Gasteiger partial charge < -0.3 is 9.84 Å². The summed E-state index contributed by atoms with van der Waals surface area (Å²) in [4.78, 5) is 0. The lowest BCUT2D eigenvalue weighted by atomic mass is 9.52. The summed E-state index contributed by atoms with van der Waals surface area (Å²) in [7, 11) is 1.77. The van der Waals surface area contributed by atoms with Crippen LogP contribution in [-0.4, -0.2) is 17.8 Å². The van der Waals surface area contributed by atoms with E-state index in [-0.39, 0.29) is 11.8 Å². The van der Waals surface area contributed by atoms with Gasteiger partial charge in [0.25, 0.3) is 0 Å². The zero-order valence-electron chi connectivity index (χ0n) is 14.7. The summed E-state index contributed by atoms with van der Waals surface area (Å²) in [6.45, 7) is 2.21. The molecule has 0 heterocycles. The minimum Gasteiger partial charge on any atom is -0.501 e. The number of aliphatic hydroxyl groups is 1. The number of hydrogen-bond acceptors (Lipinski definition) is 3. The second-order valence-corrected chi connectivity index (χ2v) is 8.27. The molecule has 24 heavy (non-hydrogen) atoms. The van der Waals surface area contributed by atoms with Crippen LogP contribution in [0.4, 0.5) is 0 Å². The molecule has 1 saturated carbocycles. The number of allylic oxidation sites excluding steroid dienone is 5. The van der Waals surface area contributed by atoms with Crippen molar-refractivity contribution >= 4 is 0 Å². The maximum atomic E-state index is 11.1. The minimum absolute atomic E-state index is 0.176. The third-order valence-electron chi connectivity index (χ3n) is 7.45. The van der Waals surface area contributed by atoms with Gasteiger partial charge in [-0.25, -0.2) is 0 Å². The molecule has 3 nitrogen and oxygen atoms in total. The molecule has 128 valence electrons. The van der Waals surface area contributed by atoms with Crippen molar-refractivity contribution in [3.63, 3.8) is 0 Å². The fourth-order valence-corrected chi connectivity index (χ4v) is 5.98. The molecular weight excluding hydrogens is 298 g/mol. The molecule has 0 aromatic carbocycles. The van der Waals surface area contributed by atoms with E-state index in [1.54, 1.807) is 12.7 Å². The molecular formula is C21H27NO2. The number of nitrogens with zero attached hydrogens (tertiary/aromatic N) is 1. The molecule has 1 N–H and O–H groups in total. The van der Waals surface area contributed by atoms with Crippen LogP contribution in [0.3, 0.4) is 0 Å². The summed E-state index contributed by atoms with van der Waals surface area (Å²) in [5.74, 6) is 2.79. The molecule has 4 rings (SSSR count). The smallest absolute Gasteiger partial charge is 0.102 e. The summed E-state index contributed by atoms with van der Waals surface area (Å²) in [5, 5.41) is 20.2. The third-order valence-corrected chi connectivity index (χ3v) is 7.45. The van der Waals surface area contributed by atoms with Crippen LogP contribution in [0.15, 0.2) is 35.1 Å². The standard InChI is InChI=1S/C21H27NO2/c1-20-9-7-17-16-6-4-15(24-2)13-14(16)3-5-18(17)19(20)8-10-21(20,23)11-12-22/h8,10,13,17-19,23H,3-7,9,11H2,1-2H3/t17-,18-,19+,20+,21-/m1/s1. The molecule has 3 heteroatoms. The monoisotopic (exact) mass is 325 g/mol. The average Bonchev–Trinajstić information content (AvgIpc) is 2.86. The lowest BCUT2D eigenvalue weighted by Crippen LogP contribution is -2.52. The summed E-state index contributed by atoms with van der Waals surface area (Å²) < 4.78 is 5.47. The van der Waals surface area contributed by atoms with Crippen molar-refractivity contribution in [1.82, 2.24) is 0 Å². The second-order valence-electron chi connectivity index (χ2n) is 8.27. The highest BCUT2D eigenvalue weighted by atomic mass is 16.5. The van der Waals surface area contributed by atoms with E-state index in [1.165, 1.54) is 12.0 Å². The van der Waals surface area contributed by atoms with E-state index < -0.39 is 5.60 Å². The van der Waals surface area contributed by atoms with E-state index in [0.717, 1.165) is 37.9 Å². The number of nitriles is 1. The number of rotatable bonds is 2. The van der Waals surface area contributed by atoms with Crippen LogP contribution in [0.1, 0.15) is 51.9 Å². The fraction of sp³-hybridized carbons (Fsp3) is 0.667. The van der Waals surface area contributed by atoms with Gasteiger partial charge in [-0.1, -0.05) is 24.6 Å². The second kappa shape index (κ2) is 5.49. The molecule has 4 aliphatic carbocycles. The van der Waals surface area contributed by atoms with Crippen LogP contribution in [0.5, 0.6) is 0 Å². The van der Waals surface area contributed by atoms with Gasteiger partial charge in [0.2, 0.25) is 0 Å². The van der Waals surface area contributed by atoms with Gasteiger partial charge in [-0.2, -0.15) is 5.26 Å². The maximum Gasteiger partial charge on any atom is 0.102 e. The van der Waals surface area contributed by atoms with E-state index in [9.17, 15) is 5.11 Å². The topological polar surface area (TPSA) is 53.2 Å². The van der Waals surface area contributed by atoms with Crippen LogP contribution >= 0.6 is 0 Å². The van der Waals surface area contributed by atoms with E-state index in [0.29, 0.717) is 17.8 Å². The molecule has 0 bridgehead atoms. The summed E-state index contributed by atoms with van der Waals surface area (Å²) >= 11 is 0. The molecule has 0 amide bonds. The van der Waals surface area contributed by atoms with Gasteiger partial charge >= 0.3 is 0 Å². The first-order valence-corrected chi connectivity index (χ1v) is 9.27. The van der Waals surface area contributed by atoms with E-state index in [2.05, 4.69) is 25.1 Å². The third kappa shape index (κ3) is 2.05. The van der Waals surface area contributed by atoms with Gasteiger partial charge in [0.1, 0.15) is 5.60 Å². The Kier molecular flexibility index (Phi) is 3.65. The molecule has 4 aliphatic rings. The predicted molar refractivity (Wildman–Crippen MR) is 92.7 cm³/mol. The van der Waals surface area contributed by atoms with Crippen LogP contribution in [-0.2, 0) is 4.74 Å². The molecule has 5 atom stereocenters. The first-order valence-electron chi connectivity index (χ1n) is 9.27. The van der Waals surface area contributed by atoms with Crippen molar-refractivity contribution in [3.05, 3.63) is 35.1 Å². The van der Waals surface area contributed by atoms with Crippen molar-refractivity contribution in [2.75, 3.05) is 7.11 Å². The SMILES string of the molecule is COC1=CC2=C(CC1)[C@H]1CC[C@@]3(C)[C@@H](C=C[C@@]3(O)CC#N)[C@@H]1CC2. The van der Waals surface area contributed by atoms with Gasteiger partial charge in [0.05, 0.1) is 25.4 Å². The Morgan fingerprint density at radius 3 is 2.92 bits per heavy atom. The van der Waals surface area contributed by atoms with Crippen molar-refractivity contribution in [3.8, 4) is 6.07 Å². The van der Waals surface area contributed by atoms with Crippen LogP contribution < -0.4 is 0 Å². The quantitative estimate of drug-likeness (QED) is 0.772. The predicted octanol–water partition coefficient (Wildman–Crippen LogP) is 4.26. The van der Waals surface area contributed by atoms with E-state index in [1.807, 2.05) is 6.08 Å². The van der Waals surface area contributed by atoms with Crippen LogP contribution in [0.2, 0.25) is 0 Å². The Morgan fingerprint density at radius 1 is 1.33 bits per heavy atom. The molecule has 0 radical (unpaired) electrons. The lowest BCUT2D eigenvalue weighted by molar-refractivity contribution is -0.0878. The molecule has 1 fully saturated rings. The van der Waals surface area contributed by atoms with E-state index >= 15 is 0 Å². The molecule has 0 unspecified atom stereocenters. The van der Waals surface area contributed by atoms with Crippen molar-refractivity contribution in [1.29, 1.82) is 5.26 Å². The number of methoxy groups -OCH3 is 1. The Hall–Kier alpha value is -1.53. The molecule has 0 aromatic heterocycles. The number of ether oxygens (including phenoxy) is 1. The normalized spacial score (nSPS) is 43.4. The summed E-state index contributed by atoms with van der Waals surface area (Å²) in [6, 6.07) is 2.20. The van der Waals surface area contributed by atoms with Crippen molar-refractivity contribution in [2.45, 2.75) is 57.5 Å². The zero-order chi connectivity index (χ0) is 16.9. The van der Waals surface area contributed by atoms with Gasteiger partial charge in [0, 0.05) is 11.8 Å².